The first-order valence-corrected chi connectivity index (χ1v) is 16.2. The van der Waals surface area contributed by atoms with Gasteiger partial charge >= 0.3 is 13.7 Å². The minimum absolute atomic E-state index is 0.156. The van der Waals surface area contributed by atoms with Crippen molar-refractivity contribution in [2.45, 2.75) is 19.6 Å². The second-order valence-electron chi connectivity index (χ2n) is 12.0. The SMILES string of the molecule is c1ccc2c(c1)Sc1cc3c4c5c1B2n1c2ccccc2c2cc6c7ccccc7n(c6c-5c21)B4c1ccccc1S3. The fourth-order valence-corrected chi connectivity index (χ4v) is 11.2. The molecule has 0 N–H and O–H groups in total. The van der Waals surface area contributed by atoms with Crippen LogP contribution in [0.5, 0.6) is 0 Å². The molecule has 6 aromatic carbocycles. The van der Waals surface area contributed by atoms with Crippen LogP contribution in [0, 0.1) is 0 Å². The maximum absolute atomic E-state index is 2.70. The number of benzene rings is 6. The molecule has 8 aromatic rings. The fraction of sp³-hybridized carbons (Fsp3) is 0. The molecule has 0 saturated heterocycles. The van der Waals surface area contributed by atoms with Crippen LogP contribution in [0.25, 0.3) is 54.7 Å². The monoisotopic (exact) mass is 564 g/mol. The van der Waals surface area contributed by atoms with E-state index in [9.17, 15) is 0 Å². The minimum Gasteiger partial charge on any atom is -0.375 e. The van der Waals surface area contributed by atoms with Gasteiger partial charge in [-0.15, -0.1) is 0 Å². The predicted molar refractivity (Wildman–Crippen MR) is 180 cm³/mol. The zero-order valence-corrected chi connectivity index (χ0v) is 23.9. The lowest BCUT2D eigenvalue weighted by atomic mass is 9.41. The predicted octanol–water partition coefficient (Wildman–Crippen LogP) is 6.43. The lowest BCUT2D eigenvalue weighted by Gasteiger charge is -2.41. The van der Waals surface area contributed by atoms with Gasteiger partial charge in [0.2, 0.25) is 0 Å². The number of aromatic nitrogens is 2. The number of fused-ring (bicyclic) bond motifs is 12. The summed E-state index contributed by atoms with van der Waals surface area (Å²) >= 11 is 3.93. The van der Waals surface area contributed by atoms with E-state index in [1.807, 2.05) is 23.5 Å². The molecule has 0 atom stereocenters. The molecule has 0 fully saturated rings. The Bertz CT molecular complexity index is 2440. The van der Waals surface area contributed by atoms with Gasteiger partial charge in [-0.2, -0.15) is 0 Å². The maximum atomic E-state index is 2.70. The van der Waals surface area contributed by atoms with Crippen LogP contribution < -0.4 is 21.9 Å². The smallest absolute Gasteiger partial charge is 0.331 e. The Morgan fingerprint density at radius 1 is 0.429 bits per heavy atom. The summed E-state index contributed by atoms with van der Waals surface area (Å²) in [6, 6.07) is 41.4. The summed E-state index contributed by atoms with van der Waals surface area (Å²) in [6.45, 7) is 0.313. The number of nitrogens with zero attached hydrogens (tertiary/aromatic N) is 2. The second kappa shape index (κ2) is 7.03. The van der Waals surface area contributed by atoms with Gasteiger partial charge in [0.05, 0.1) is 0 Å². The van der Waals surface area contributed by atoms with E-state index in [0.717, 1.165) is 0 Å². The summed E-state index contributed by atoms with van der Waals surface area (Å²) < 4.78 is 5.39. The molecule has 2 nitrogen and oxygen atoms in total. The molecule has 2 aromatic heterocycles. The van der Waals surface area contributed by atoms with Crippen molar-refractivity contribution in [2.24, 2.45) is 0 Å². The van der Waals surface area contributed by atoms with Crippen molar-refractivity contribution >= 4 is 103 Å². The van der Waals surface area contributed by atoms with Crippen molar-refractivity contribution in [2.75, 3.05) is 0 Å². The van der Waals surface area contributed by atoms with E-state index in [1.165, 1.54) is 96.2 Å². The lowest BCUT2D eigenvalue weighted by Crippen LogP contribution is -2.61. The normalized spacial score (nSPS) is 14.9. The summed E-state index contributed by atoms with van der Waals surface area (Å²) in [5.74, 6) is 0. The fourth-order valence-electron chi connectivity index (χ4n) is 8.74. The minimum atomic E-state index is 0.156. The van der Waals surface area contributed by atoms with E-state index in [-0.39, 0.29) is 13.7 Å². The standard InChI is InChI=1S/C36H18B2N2S2/c1-5-13-25-19(9-1)21-17-22-20-10-2-6-14-26(20)40-36(22)32-31-33-29(18-30-34(31)38(40)24-12-4-8-16-28(24)42-30)41-27-15-7-3-11-23(27)37(33)39(25)35(21)32/h1-18H. The molecule has 12 rings (SSSR count). The maximum Gasteiger partial charge on any atom is 0.331 e. The average Bonchev–Trinajstić information content (AvgIpc) is 3.55. The largest absolute Gasteiger partial charge is 0.375 e. The summed E-state index contributed by atoms with van der Waals surface area (Å²) in [5, 5.41) is 5.45. The number of hydrogen-bond donors (Lipinski definition) is 0. The summed E-state index contributed by atoms with van der Waals surface area (Å²) in [5.41, 5.74) is 14.2. The molecule has 4 aliphatic heterocycles. The zero-order chi connectivity index (χ0) is 26.8. The Morgan fingerprint density at radius 3 is 1.45 bits per heavy atom. The van der Waals surface area contributed by atoms with Crippen LogP contribution in [0.3, 0.4) is 0 Å². The van der Waals surface area contributed by atoms with Gasteiger partial charge < -0.3 is 8.96 Å². The molecule has 0 aliphatic carbocycles. The Labute approximate surface area is 250 Å². The summed E-state index contributed by atoms with van der Waals surface area (Å²) in [4.78, 5) is 5.58. The van der Waals surface area contributed by atoms with Crippen molar-refractivity contribution in [1.29, 1.82) is 0 Å². The van der Waals surface area contributed by atoms with Crippen LogP contribution in [0.1, 0.15) is 0 Å². The Balaban J connectivity index is 1.43. The van der Waals surface area contributed by atoms with Gasteiger partial charge in [0.1, 0.15) is 0 Å². The molecule has 4 aliphatic rings. The summed E-state index contributed by atoms with van der Waals surface area (Å²) in [6.07, 6.45) is 0. The molecule has 42 heavy (non-hydrogen) atoms. The van der Waals surface area contributed by atoms with E-state index in [0.29, 0.717) is 0 Å². The van der Waals surface area contributed by atoms with E-state index in [1.54, 1.807) is 0 Å². The number of rotatable bonds is 0. The van der Waals surface area contributed by atoms with Gasteiger partial charge in [-0.1, -0.05) is 96.3 Å². The first kappa shape index (κ1) is 21.5. The van der Waals surface area contributed by atoms with E-state index in [2.05, 4.69) is 118 Å². The molecule has 6 heteroatoms. The first-order valence-electron chi connectivity index (χ1n) is 14.6. The van der Waals surface area contributed by atoms with Crippen molar-refractivity contribution in [3.63, 3.8) is 0 Å². The summed E-state index contributed by atoms with van der Waals surface area (Å²) in [7, 11) is 0. The van der Waals surface area contributed by atoms with Crippen LogP contribution in [0.2, 0.25) is 0 Å². The molecule has 0 bridgehead atoms. The van der Waals surface area contributed by atoms with Crippen LogP contribution in [-0.4, -0.2) is 22.7 Å². The molecular formula is C36H18B2N2S2. The molecule has 0 unspecified atom stereocenters. The van der Waals surface area contributed by atoms with Gasteiger partial charge in [-0.25, -0.2) is 0 Å². The van der Waals surface area contributed by atoms with Crippen molar-refractivity contribution in [1.82, 2.24) is 8.96 Å². The number of hydrogen-bond acceptors (Lipinski definition) is 2. The quantitative estimate of drug-likeness (QED) is 0.197. The molecular weight excluding hydrogens is 546 g/mol. The third kappa shape index (κ3) is 2.21. The topological polar surface area (TPSA) is 9.86 Å². The third-order valence-electron chi connectivity index (χ3n) is 10.2. The highest BCUT2D eigenvalue weighted by atomic mass is 32.2. The molecule has 190 valence electrons. The van der Waals surface area contributed by atoms with Gasteiger partial charge in [-0.3, -0.25) is 0 Å². The Morgan fingerprint density at radius 2 is 0.905 bits per heavy atom. The average molecular weight is 564 g/mol. The highest BCUT2D eigenvalue weighted by molar-refractivity contribution is 8.01. The van der Waals surface area contributed by atoms with Gasteiger partial charge in [0.15, 0.2) is 0 Å². The van der Waals surface area contributed by atoms with Crippen LogP contribution in [-0.2, 0) is 0 Å². The molecule has 6 heterocycles. The third-order valence-corrected chi connectivity index (χ3v) is 12.5. The van der Waals surface area contributed by atoms with Crippen LogP contribution in [0.4, 0.5) is 0 Å². The molecule has 0 amide bonds. The van der Waals surface area contributed by atoms with Gasteiger partial charge in [-0.05, 0) is 63.8 Å². The highest BCUT2D eigenvalue weighted by Crippen LogP contribution is 2.51. The zero-order valence-electron chi connectivity index (χ0n) is 22.3. The molecule has 0 spiro atoms. The van der Waals surface area contributed by atoms with Crippen LogP contribution >= 0.6 is 23.5 Å². The van der Waals surface area contributed by atoms with E-state index >= 15 is 0 Å². The van der Waals surface area contributed by atoms with Gasteiger partial charge in [0, 0.05) is 68.8 Å². The van der Waals surface area contributed by atoms with E-state index < -0.39 is 0 Å². The molecule has 0 saturated carbocycles. The highest BCUT2D eigenvalue weighted by Gasteiger charge is 2.48. The second-order valence-corrected chi connectivity index (χ2v) is 14.1. The molecule has 0 radical (unpaired) electrons. The van der Waals surface area contributed by atoms with Crippen molar-refractivity contribution in [3.8, 4) is 11.1 Å². The van der Waals surface area contributed by atoms with Crippen LogP contribution in [0.15, 0.2) is 129 Å². The van der Waals surface area contributed by atoms with Crippen molar-refractivity contribution < 1.29 is 0 Å². The number of para-hydroxylation sites is 2. The Kier molecular flexibility index (Phi) is 3.59. The first-order chi connectivity index (χ1) is 20.9. The van der Waals surface area contributed by atoms with Gasteiger partial charge in [0.25, 0.3) is 0 Å². The van der Waals surface area contributed by atoms with E-state index in [4.69, 9.17) is 0 Å². The Hall–Kier alpha value is -4.25. The van der Waals surface area contributed by atoms with Crippen molar-refractivity contribution in [3.05, 3.63) is 109 Å². The lowest BCUT2D eigenvalue weighted by molar-refractivity contribution is 1.23.